The number of nitrogens with one attached hydrogen (secondary N) is 1. The molecule has 0 aliphatic carbocycles. The first kappa shape index (κ1) is 11.2. The predicted molar refractivity (Wildman–Crippen MR) is 67.3 cm³/mol. The fourth-order valence-corrected chi connectivity index (χ4v) is 2.22. The van der Waals surface area contributed by atoms with Gasteiger partial charge < -0.3 is 4.98 Å². The Hall–Kier alpha value is -1.25. The molecule has 0 aliphatic rings. The van der Waals surface area contributed by atoms with Gasteiger partial charge in [-0.2, -0.15) is 0 Å². The monoisotopic (exact) mass is 253 g/mol. The summed E-state index contributed by atoms with van der Waals surface area (Å²) in [6, 6.07) is 8.60. The summed E-state index contributed by atoms with van der Waals surface area (Å²) in [6.45, 7) is 1.82. The Kier molecular flexibility index (Phi) is 3.03. The first-order valence-electron chi connectivity index (χ1n) is 4.73. The highest BCUT2D eigenvalue weighted by Crippen LogP contribution is 2.33. The molecule has 0 bridgehead atoms. The standard InChI is InChI=1S/C12H9Cl2NO/c1-7-5-8(6-11(16)15-7)12-9(13)3-2-4-10(12)14/h2-6H,1H3,(H,15,16). The van der Waals surface area contributed by atoms with Gasteiger partial charge in [-0.05, 0) is 30.7 Å². The summed E-state index contributed by atoms with van der Waals surface area (Å²) in [5, 5.41) is 1.08. The Morgan fingerprint density at radius 2 is 1.75 bits per heavy atom. The first-order valence-corrected chi connectivity index (χ1v) is 5.49. The number of aryl methyl sites for hydroxylation is 1. The molecule has 0 aliphatic heterocycles. The van der Waals surface area contributed by atoms with Crippen LogP contribution in [0, 0.1) is 6.92 Å². The third-order valence-corrected chi connectivity index (χ3v) is 2.86. The Bertz CT molecular complexity index is 570. The molecule has 0 fully saturated rings. The molecule has 16 heavy (non-hydrogen) atoms. The highest BCUT2D eigenvalue weighted by Gasteiger charge is 2.08. The lowest BCUT2D eigenvalue weighted by Gasteiger charge is -2.07. The minimum atomic E-state index is -0.161. The summed E-state index contributed by atoms with van der Waals surface area (Å²) < 4.78 is 0. The van der Waals surface area contributed by atoms with Crippen molar-refractivity contribution in [3.63, 3.8) is 0 Å². The van der Waals surface area contributed by atoms with Crippen molar-refractivity contribution in [2.45, 2.75) is 6.92 Å². The van der Waals surface area contributed by atoms with E-state index in [1.807, 2.05) is 13.0 Å². The van der Waals surface area contributed by atoms with Crippen molar-refractivity contribution in [3.05, 3.63) is 56.4 Å². The average molecular weight is 254 g/mol. The van der Waals surface area contributed by atoms with Crippen LogP contribution in [0.2, 0.25) is 10.0 Å². The van der Waals surface area contributed by atoms with E-state index in [1.165, 1.54) is 6.07 Å². The molecular weight excluding hydrogens is 245 g/mol. The summed E-state index contributed by atoms with van der Waals surface area (Å²) in [6.07, 6.45) is 0. The molecule has 1 aromatic heterocycles. The van der Waals surface area contributed by atoms with E-state index >= 15 is 0 Å². The zero-order valence-corrected chi connectivity index (χ0v) is 10.1. The van der Waals surface area contributed by atoms with Crippen molar-refractivity contribution in [3.8, 4) is 11.1 Å². The average Bonchev–Trinajstić information content (AvgIpc) is 2.15. The lowest BCUT2D eigenvalue weighted by Crippen LogP contribution is -2.05. The maximum absolute atomic E-state index is 11.4. The molecule has 2 aromatic rings. The van der Waals surface area contributed by atoms with E-state index < -0.39 is 0 Å². The molecule has 0 amide bonds. The van der Waals surface area contributed by atoms with Gasteiger partial charge in [0, 0.05) is 27.4 Å². The van der Waals surface area contributed by atoms with E-state index in [0.717, 1.165) is 11.3 Å². The van der Waals surface area contributed by atoms with Gasteiger partial charge in [0.2, 0.25) is 5.56 Å². The molecule has 2 nitrogen and oxygen atoms in total. The SMILES string of the molecule is Cc1cc(-c2c(Cl)cccc2Cl)cc(=O)[nH]1. The van der Waals surface area contributed by atoms with E-state index in [-0.39, 0.29) is 5.56 Å². The van der Waals surface area contributed by atoms with Crippen LogP contribution in [0.25, 0.3) is 11.1 Å². The summed E-state index contributed by atoms with van der Waals surface area (Å²) in [7, 11) is 0. The molecule has 0 atom stereocenters. The van der Waals surface area contributed by atoms with Crippen molar-refractivity contribution in [1.82, 2.24) is 4.98 Å². The second-order valence-electron chi connectivity index (χ2n) is 3.51. The fourth-order valence-electron chi connectivity index (χ4n) is 1.60. The van der Waals surface area contributed by atoms with Crippen LogP contribution in [0.3, 0.4) is 0 Å². The van der Waals surface area contributed by atoms with E-state index in [2.05, 4.69) is 4.98 Å². The van der Waals surface area contributed by atoms with Crippen LogP contribution < -0.4 is 5.56 Å². The van der Waals surface area contributed by atoms with Gasteiger partial charge in [0.15, 0.2) is 0 Å². The second-order valence-corrected chi connectivity index (χ2v) is 4.33. The molecule has 1 aromatic carbocycles. The van der Waals surface area contributed by atoms with Gasteiger partial charge in [0.25, 0.3) is 0 Å². The summed E-state index contributed by atoms with van der Waals surface area (Å²) >= 11 is 12.1. The Labute approximate surface area is 103 Å². The largest absolute Gasteiger partial charge is 0.326 e. The molecule has 1 N–H and O–H groups in total. The molecule has 1 heterocycles. The van der Waals surface area contributed by atoms with Crippen molar-refractivity contribution in [2.75, 3.05) is 0 Å². The number of halogens is 2. The second kappa shape index (κ2) is 4.32. The number of aromatic nitrogens is 1. The van der Waals surface area contributed by atoms with E-state index in [0.29, 0.717) is 15.6 Å². The van der Waals surface area contributed by atoms with E-state index in [1.54, 1.807) is 18.2 Å². The van der Waals surface area contributed by atoms with Gasteiger partial charge in [-0.3, -0.25) is 4.79 Å². The quantitative estimate of drug-likeness (QED) is 0.827. The third kappa shape index (κ3) is 2.13. The maximum Gasteiger partial charge on any atom is 0.248 e. The normalized spacial score (nSPS) is 10.4. The Balaban J connectivity index is 2.72. The summed E-state index contributed by atoms with van der Waals surface area (Å²) in [5.74, 6) is 0. The van der Waals surface area contributed by atoms with Crippen LogP contribution in [0.15, 0.2) is 35.1 Å². The Morgan fingerprint density at radius 1 is 1.12 bits per heavy atom. The molecule has 0 spiro atoms. The number of H-pyrrole nitrogens is 1. The Morgan fingerprint density at radius 3 is 2.31 bits per heavy atom. The molecular formula is C12H9Cl2NO. The van der Waals surface area contributed by atoms with Crippen LogP contribution in [-0.4, -0.2) is 4.98 Å². The van der Waals surface area contributed by atoms with Gasteiger partial charge in [0.05, 0.1) is 0 Å². The van der Waals surface area contributed by atoms with Crippen LogP contribution in [0.4, 0.5) is 0 Å². The molecule has 4 heteroatoms. The molecule has 0 saturated carbocycles. The van der Waals surface area contributed by atoms with Gasteiger partial charge in [-0.1, -0.05) is 29.3 Å². The maximum atomic E-state index is 11.4. The minimum absolute atomic E-state index is 0.161. The highest BCUT2D eigenvalue weighted by atomic mass is 35.5. The number of pyridine rings is 1. The molecule has 0 radical (unpaired) electrons. The third-order valence-electron chi connectivity index (χ3n) is 2.23. The number of rotatable bonds is 1. The van der Waals surface area contributed by atoms with Crippen LogP contribution in [0.1, 0.15) is 5.69 Å². The van der Waals surface area contributed by atoms with Gasteiger partial charge >= 0.3 is 0 Å². The lowest BCUT2D eigenvalue weighted by molar-refractivity contribution is 1.14. The summed E-state index contributed by atoms with van der Waals surface area (Å²) in [4.78, 5) is 14.0. The molecule has 0 saturated heterocycles. The zero-order valence-electron chi connectivity index (χ0n) is 8.55. The number of benzene rings is 1. The van der Waals surface area contributed by atoms with Crippen LogP contribution in [-0.2, 0) is 0 Å². The molecule has 0 unspecified atom stereocenters. The van der Waals surface area contributed by atoms with Gasteiger partial charge in [-0.15, -0.1) is 0 Å². The summed E-state index contributed by atoms with van der Waals surface area (Å²) in [5.41, 5.74) is 2.04. The molecule has 82 valence electrons. The van der Waals surface area contributed by atoms with Gasteiger partial charge in [-0.25, -0.2) is 0 Å². The van der Waals surface area contributed by atoms with Crippen molar-refractivity contribution < 1.29 is 0 Å². The smallest absolute Gasteiger partial charge is 0.248 e. The minimum Gasteiger partial charge on any atom is -0.326 e. The van der Waals surface area contributed by atoms with Crippen molar-refractivity contribution in [1.29, 1.82) is 0 Å². The van der Waals surface area contributed by atoms with E-state index in [9.17, 15) is 4.79 Å². The first-order chi connectivity index (χ1) is 7.58. The van der Waals surface area contributed by atoms with Crippen molar-refractivity contribution >= 4 is 23.2 Å². The number of hydrogen-bond donors (Lipinski definition) is 1. The van der Waals surface area contributed by atoms with Gasteiger partial charge in [0.1, 0.15) is 0 Å². The highest BCUT2D eigenvalue weighted by molar-refractivity contribution is 6.39. The zero-order chi connectivity index (χ0) is 11.7. The molecule has 2 rings (SSSR count). The number of hydrogen-bond acceptors (Lipinski definition) is 1. The predicted octanol–water partition coefficient (Wildman–Crippen LogP) is 3.66. The fraction of sp³-hybridized carbons (Fsp3) is 0.0833. The van der Waals surface area contributed by atoms with Crippen LogP contribution >= 0.6 is 23.2 Å². The topological polar surface area (TPSA) is 32.9 Å². The lowest BCUT2D eigenvalue weighted by atomic mass is 10.1. The number of aromatic amines is 1. The van der Waals surface area contributed by atoms with E-state index in [4.69, 9.17) is 23.2 Å². The van der Waals surface area contributed by atoms with Crippen LogP contribution in [0.5, 0.6) is 0 Å². The van der Waals surface area contributed by atoms with Crippen molar-refractivity contribution in [2.24, 2.45) is 0 Å².